The molecule has 1 N–H and O–H groups in total. The second-order valence-electron chi connectivity index (χ2n) is 1.91. The van der Waals surface area contributed by atoms with Gasteiger partial charge >= 0.3 is 0 Å². The molecule has 0 unspecified atom stereocenters. The SMILES string of the molecule is OC(CC(F)F)CC(F)F. The van der Waals surface area contributed by atoms with Crippen LogP contribution in [0, 0.1) is 0 Å². The van der Waals surface area contributed by atoms with Crippen molar-refractivity contribution in [3.8, 4) is 0 Å². The number of alkyl halides is 4. The first kappa shape index (κ1) is 9.68. The van der Waals surface area contributed by atoms with Crippen LogP contribution in [0.1, 0.15) is 12.8 Å². The Kier molecular flexibility index (Phi) is 4.34. The highest BCUT2D eigenvalue weighted by Crippen LogP contribution is 2.11. The molecular formula is C5H8F4O. The van der Waals surface area contributed by atoms with E-state index in [9.17, 15) is 17.6 Å². The number of hydrogen-bond acceptors (Lipinski definition) is 1. The van der Waals surface area contributed by atoms with Crippen LogP contribution in [0.25, 0.3) is 0 Å². The molecule has 0 radical (unpaired) electrons. The normalized spacial score (nSPS) is 12.0. The topological polar surface area (TPSA) is 20.2 Å². The van der Waals surface area contributed by atoms with Gasteiger partial charge in [-0.3, -0.25) is 0 Å². The summed E-state index contributed by atoms with van der Waals surface area (Å²) in [6.45, 7) is 0. The predicted octanol–water partition coefficient (Wildman–Crippen LogP) is 1.66. The van der Waals surface area contributed by atoms with Crippen LogP contribution >= 0.6 is 0 Å². The molecule has 0 atom stereocenters. The minimum Gasteiger partial charge on any atom is -0.393 e. The number of hydrogen-bond donors (Lipinski definition) is 1. The first-order valence-corrected chi connectivity index (χ1v) is 2.76. The Morgan fingerprint density at radius 2 is 1.20 bits per heavy atom. The van der Waals surface area contributed by atoms with Crippen LogP contribution < -0.4 is 0 Å². The molecular weight excluding hydrogens is 152 g/mol. The molecule has 5 heteroatoms. The van der Waals surface area contributed by atoms with E-state index in [1.165, 1.54) is 0 Å². The third-order valence-electron chi connectivity index (χ3n) is 0.901. The summed E-state index contributed by atoms with van der Waals surface area (Å²) in [5.74, 6) is 0. The Bertz CT molecular complexity index is 75.7. The van der Waals surface area contributed by atoms with E-state index < -0.39 is 31.8 Å². The highest BCUT2D eigenvalue weighted by atomic mass is 19.3. The summed E-state index contributed by atoms with van der Waals surface area (Å²) >= 11 is 0. The zero-order valence-corrected chi connectivity index (χ0v) is 5.11. The number of rotatable bonds is 4. The maximum Gasteiger partial charge on any atom is 0.241 e. The Hall–Kier alpha value is -0.320. The molecule has 0 amide bonds. The molecule has 10 heavy (non-hydrogen) atoms. The highest BCUT2D eigenvalue weighted by molar-refractivity contribution is 4.57. The number of aliphatic hydroxyl groups is 1. The van der Waals surface area contributed by atoms with Gasteiger partial charge in [0.05, 0.1) is 6.10 Å². The van der Waals surface area contributed by atoms with Crippen molar-refractivity contribution < 1.29 is 22.7 Å². The first-order chi connectivity index (χ1) is 4.52. The third-order valence-corrected chi connectivity index (χ3v) is 0.901. The standard InChI is InChI=1S/C5H8F4O/c6-4(7)1-3(10)2-5(8)9/h3-5,10H,1-2H2. The molecule has 0 aliphatic carbocycles. The van der Waals surface area contributed by atoms with Crippen LogP contribution in [0.3, 0.4) is 0 Å². The van der Waals surface area contributed by atoms with E-state index in [0.717, 1.165) is 0 Å². The molecule has 0 saturated carbocycles. The fourth-order valence-electron chi connectivity index (χ4n) is 0.508. The molecule has 0 bridgehead atoms. The van der Waals surface area contributed by atoms with Gasteiger partial charge in [0, 0.05) is 12.8 Å². The molecule has 0 aliphatic rings. The summed E-state index contributed by atoms with van der Waals surface area (Å²) in [6, 6.07) is 0. The zero-order chi connectivity index (χ0) is 8.15. The van der Waals surface area contributed by atoms with Crippen molar-refractivity contribution in [2.45, 2.75) is 31.8 Å². The predicted molar refractivity (Wildman–Crippen MR) is 27.2 cm³/mol. The van der Waals surface area contributed by atoms with Crippen molar-refractivity contribution >= 4 is 0 Å². The van der Waals surface area contributed by atoms with Crippen molar-refractivity contribution in [3.63, 3.8) is 0 Å². The summed E-state index contributed by atoms with van der Waals surface area (Å²) in [4.78, 5) is 0. The van der Waals surface area contributed by atoms with Crippen LogP contribution in [0.2, 0.25) is 0 Å². The summed E-state index contributed by atoms with van der Waals surface area (Å²) < 4.78 is 45.3. The van der Waals surface area contributed by atoms with Crippen LogP contribution in [0.5, 0.6) is 0 Å². The van der Waals surface area contributed by atoms with Crippen molar-refractivity contribution in [2.24, 2.45) is 0 Å². The third kappa shape index (κ3) is 5.81. The van der Waals surface area contributed by atoms with Gasteiger partial charge < -0.3 is 5.11 Å². The minimum atomic E-state index is -2.71. The molecule has 0 aromatic heterocycles. The lowest BCUT2D eigenvalue weighted by Gasteiger charge is -2.07. The Balaban J connectivity index is 3.34. The molecule has 0 heterocycles. The van der Waals surface area contributed by atoms with E-state index >= 15 is 0 Å². The fourth-order valence-corrected chi connectivity index (χ4v) is 0.508. The molecule has 0 rings (SSSR count). The van der Waals surface area contributed by atoms with Gasteiger partial charge in [-0.15, -0.1) is 0 Å². The molecule has 0 aromatic rings. The van der Waals surface area contributed by atoms with Gasteiger partial charge in [-0.05, 0) is 0 Å². The molecule has 0 aromatic carbocycles. The Labute approximate surface area is 55.7 Å². The molecule has 62 valence electrons. The average Bonchev–Trinajstić information content (AvgIpc) is 1.58. The highest BCUT2D eigenvalue weighted by Gasteiger charge is 2.16. The Morgan fingerprint density at radius 1 is 0.900 bits per heavy atom. The van der Waals surface area contributed by atoms with Gasteiger partial charge in [0.1, 0.15) is 0 Å². The second-order valence-corrected chi connectivity index (χ2v) is 1.91. The van der Waals surface area contributed by atoms with E-state index in [2.05, 4.69) is 0 Å². The zero-order valence-electron chi connectivity index (χ0n) is 5.11. The summed E-state index contributed by atoms with van der Waals surface area (Å²) in [5.41, 5.74) is 0. The summed E-state index contributed by atoms with van der Waals surface area (Å²) in [6.07, 6.45) is -8.75. The molecule has 0 spiro atoms. The lowest BCUT2D eigenvalue weighted by atomic mass is 10.2. The average molecular weight is 160 g/mol. The molecule has 0 saturated heterocycles. The largest absolute Gasteiger partial charge is 0.393 e. The Morgan fingerprint density at radius 3 is 1.40 bits per heavy atom. The van der Waals surface area contributed by atoms with Crippen LogP contribution in [-0.2, 0) is 0 Å². The van der Waals surface area contributed by atoms with Crippen molar-refractivity contribution in [3.05, 3.63) is 0 Å². The van der Waals surface area contributed by atoms with E-state index in [1.807, 2.05) is 0 Å². The summed E-state index contributed by atoms with van der Waals surface area (Å²) in [7, 11) is 0. The van der Waals surface area contributed by atoms with E-state index in [0.29, 0.717) is 0 Å². The van der Waals surface area contributed by atoms with Crippen molar-refractivity contribution in [1.29, 1.82) is 0 Å². The number of halogens is 4. The smallest absolute Gasteiger partial charge is 0.241 e. The van der Waals surface area contributed by atoms with E-state index in [4.69, 9.17) is 5.11 Å². The van der Waals surface area contributed by atoms with Gasteiger partial charge in [-0.25, -0.2) is 17.6 Å². The second kappa shape index (κ2) is 4.49. The first-order valence-electron chi connectivity index (χ1n) is 2.76. The monoisotopic (exact) mass is 160 g/mol. The van der Waals surface area contributed by atoms with E-state index in [1.54, 1.807) is 0 Å². The number of aliphatic hydroxyl groups excluding tert-OH is 1. The molecule has 0 aliphatic heterocycles. The fraction of sp³-hybridized carbons (Fsp3) is 1.00. The summed E-state index contributed by atoms with van der Waals surface area (Å²) in [5, 5.41) is 8.43. The molecule has 0 fully saturated rings. The van der Waals surface area contributed by atoms with Crippen molar-refractivity contribution in [1.82, 2.24) is 0 Å². The van der Waals surface area contributed by atoms with Crippen LogP contribution in [-0.4, -0.2) is 24.1 Å². The van der Waals surface area contributed by atoms with Crippen molar-refractivity contribution in [2.75, 3.05) is 0 Å². The van der Waals surface area contributed by atoms with Gasteiger partial charge in [0.25, 0.3) is 0 Å². The minimum absolute atomic E-state index is 0.871. The maximum atomic E-state index is 11.3. The quantitative estimate of drug-likeness (QED) is 0.620. The molecule has 1 nitrogen and oxygen atoms in total. The van der Waals surface area contributed by atoms with Crippen LogP contribution in [0.15, 0.2) is 0 Å². The maximum absolute atomic E-state index is 11.3. The van der Waals surface area contributed by atoms with E-state index in [-0.39, 0.29) is 0 Å². The van der Waals surface area contributed by atoms with Gasteiger partial charge in [-0.2, -0.15) is 0 Å². The lowest BCUT2D eigenvalue weighted by Crippen LogP contribution is -2.14. The van der Waals surface area contributed by atoms with Gasteiger partial charge in [0.2, 0.25) is 12.9 Å². The van der Waals surface area contributed by atoms with Gasteiger partial charge in [0.15, 0.2) is 0 Å². The van der Waals surface area contributed by atoms with Gasteiger partial charge in [-0.1, -0.05) is 0 Å². The lowest BCUT2D eigenvalue weighted by molar-refractivity contribution is 0.0182. The van der Waals surface area contributed by atoms with Crippen LogP contribution in [0.4, 0.5) is 17.6 Å².